The molecule has 1 amide bonds. The lowest BCUT2D eigenvalue weighted by Gasteiger charge is -2.16. The molecule has 1 rings (SSSR count). The van der Waals surface area contributed by atoms with Gasteiger partial charge in [0.25, 0.3) is 0 Å². The third kappa shape index (κ3) is 4.38. The van der Waals surface area contributed by atoms with Gasteiger partial charge >= 0.3 is 5.97 Å². The maximum absolute atomic E-state index is 11.5. The third-order valence-corrected chi connectivity index (χ3v) is 2.82. The van der Waals surface area contributed by atoms with Crippen molar-refractivity contribution < 1.29 is 14.7 Å². The summed E-state index contributed by atoms with van der Waals surface area (Å²) in [5.74, 6) is -1.42. The number of nitrogens with one attached hydrogen (secondary N) is 1. The molecule has 0 aliphatic heterocycles. The Labute approximate surface area is 111 Å². The average molecular weight is 268 g/mol. The summed E-state index contributed by atoms with van der Waals surface area (Å²) in [7, 11) is 0. The van der Waals surface area contributed by atoms with Crippen molar-refractivity contribution >= 4 is 24.5 Å². The second kappa shape index (κ2) is 7.03. The summed E-state index contributed by atoms with van der Waals surface area (Å²) < 4.78 is 0. The van der Waals surface area contributed by atoms with Crippen molar-refractivity contribution in [1.29, 1.82) is 0 Å². The van der Waals surface area contributed by atoms with Crippen LogP contribution in [0.1, 0.15) is 5.56 Å². The van der Waals surface area contributed by atoms with Gasteiger partial charge < -0.3 is 16.2 Å². The van der Waals surface area contributed by atoms with Crippen LogP contribution in [0.2, 0.25) is 0 Å². The SMILES string of the molecule is NC(CS)C(=O)NC(Cc1ccccc1)C(=O)O. The van der Waals surface area contributed by atoms with Crippen molar-refractivity contribution in [3.05, 3.63) is 35.9 Å². The van der Waals surface area contributed by atoms with Gasteiger partial charge in [0.15, 0.2) is 0 Å². The van der Waals surface area contributed by atoms with E-state index in [4.69, 9.17) is 10.8 Å². The van der Waals surface area contributed by atoms with E-state index in [9.17, 15) is 9.59 Å². The summed E-state index contributed by atoms with van der Waals surface area (Å²) in [6.07, 6.45) is 0.223. The molecule has 4 N–H and O–H groups in total. The number of thiol groups is 1. The Hall–Kier alpha value is -1.53. The first-order valence-corrected chi connectivity index (χ1v) is 6.11. The molecule has 0 aromatic heterocycles. The number of aliphatic carboxylic acids is 1. The Bertz CT molecular complexity index is 411. The number of hydrogen-bond acceptors (Lipinski definition) is 4. The molecule has 0 saturated heterocycles. The fourth-order valence-corrected chi connectivity index (χ4v) is 1.58. The highest BCUT2D eigenvalue weighted by Crippen LogP contribution is 2.03. The van der Waals surface area contributed by atoms with Crippen molar-refractivity contribution in [3.63, 3.8) is 0 Å². The summed E-state index contributed by atoms with van der Waals surface area (Å²) in [4.78, 5) is 22.6. The van der Waals surface area contributed by atoms with E-state index in [0.29, 0.717) is 0 Å². The van der Waals surface area contributed by atoms with E-state index in [1.54, 1.807) is 12.1 Å². The van der Waals surface area contributed by atoms with Crippen molar-refractivity contribution in [2.75, 3.05) is 5.75 Å². The summed E-state index contributed by atoms with van der Waals surface area (Å²) in [5, 5.41) is 11.5. The first-order valence-electron chi connectivity index (χ1n) is 5.48. The highest BCUT2D eigenvalue weighted by molar-refractivity contribution is 7.80. The molecule has 18 heavy (non-hydrogen) atoms. The number of rotatable bonds is 6. The third-order valence-electron chi connectivity index (χ3n) is 2.43. The largest absolute Gasteiger partial charge is 0.480 e. The minimum Gasteiger partial charge on any atom is -0.480 e. The highest BCUT2D eigenvalue weighted by Gasteiger charge is 2.22. The van der Waals surface area contributed by atoms with E-state index in [2.05, 4.69) is 17.9 Å². The lowest BCUT2D eigenvalue weighted by atomic mass is 10.1. The van der Waals surface area contributed by atoms with Crippen LogP contribution < -0.4 is 11.1 Å². The second-order valence-corrected chi connectivity index (χ2v) is 4.24. The van der Waals surface area contributed by atoms with Gasteiger partial charge in [-0.1, -0.05) is 30.3 Å². The van der Waals surface area contributed by atoms with E-state index < -0.39 is 24.0 Å². The molecule has 0 aliphatic carbocycles. The van der Waals surface area contributed by atoms with Crippen LogP contribution in [-0.2, 0) is 16.0 Å². The van der Waals surface area contributed by atoms with Gasteiger partial charge in [-0.25, -0.2) is 4.79 Å². The van der Waals surface area contributed by atoms with Gasteiger partial charge in [-0.15, -0.1) is 0 Å². The Morgan fingerprint density at radius 2 is 1.94 bits per heavy atom. The first kappa shape index (κ1) is 14.5. The Morgan fingerprint density at radius 1 is 1.33 bits per heavy atom. The number of carbonyl (C=O) groups excluding carboxylic acids is 1. The van der Waals surface area contributed by atoms with Crippen LogP contribution >= 0.6 is 12.6 Å². The molecular formula is C12H16N2O3S. The van der Waals surface area contributed by atoms with Crippen molar-refractivity contribution in [2.45, 2.75) is 18.5 Å². The van der Waals surface area contributed by atoms with Crippen molar-refractivity contribution in [3.8, 4) is 0 Å². The van der Waals surface area contributed by atoms with Gasteiger partial charge in [0.05, 0.1) is 6.04 Å². The fraction of sp³-hybridized carbons (Fsp3) is 0.333. The number of benzene rings is 1. The summed E-state index contributed by atoms with van der Waals surface area (Å²) >= 11 is 3.90. The van der Waals surface area contributed by atoms with E-state index in [1.165, 1.54) is 0 Å². The van der Waals surface area contributed by atoms with Gasteiger partial charge in [-0.3, -0.25) is 4.79 Å². The molecule has 1 aromatic carbocycles. The van der Waals surface area contributed by atoms with Gasteiger partial charge in [-0.2, -0.15) is 12.6 Å². The molecule has 0 bridgehead atoms. The first-order chi connectivity index (χ1) is 8.54. The maximum atomic E-state index is 11.5. The zero-order valence-corrected chi connectivity index (χ0v) is 10.6. The van der Waals surface area contributed by atoms with Crippen LogP contribution in [0.5, 0.6) is 0 Å². The Balaban J connectivity index is 2.67. The minimum absolute atomic E-state index is 0.170. The van der Waals surface area contributed by atoms with E-state index >= 15 is 0 Å². The number of carbonyl (C=O) groups is 2. The van der Waals surface area contributed by atoms with Crippen molar-refractivity contribution in [2.24, 2.45) is 5.73 Å². The Kier molecular flexibility index (Phi) is 5.67. The Morgan fingerprint density at radius 3 is 2.44 bits per heavy atom. The van der Waals surface area contributed by atoms with Gasteiger partial charge in [-0.05, 0) is 5.56 Å². The molecule has 0 spiro atoms. The van der Waals surface area contributed by atoms with Gasteiger partial charge in [0, 0.05) is 12.2 Å². The van der Waals surface area contributed by atoms with Gasteiger partial charge in [0.1, 0.15) is 6.04 Å². The minimum atomic E-state index is -1.08. The van der Waals surface area contributed by atoms with Crippen LogP contribution in [-0.4, -0.2) is 34.8 Å². The van der Waals surface area contributed by atoms with Crippen molar-refractivity contribution in [1.82, 2.24) is 5.32 Å². The molecule has 6 heteroatoms. The molecule has 0 saturated carbocycles. The smallest absolute Gasteiger partial charge is 0.326 e. The molecule has 0 heterocycles. The van der Waals surface area contributed by atoms with E-state index in [1.807, 2.05) is 18.2 Å². The predicted octanol–water partition coefficient (Wildman–Crippen LogP) is 0.0556. The topological polar surface area (TPSA) is 92.4 Å². The van der Waals surface area contributed by atoms with Crippen LogP contribution in [0.4, 0.5) is 0 Å². The summed E-state index contributed by atoms with van der Waals surface area (Å²) in [6.45, 7) is 0. The quantitative estimate of drug-likeness (QED) is 0.549. The number of carboxylic acids is 1. The molecule has 5 nitrogen and oxygen atoms in total. The lowest BCUT2D eigenvalue weighted by Crippen LogP contribution is -2.50. The van der Waals surface area contributed by atoms with Gasteiger partial charge in [0.2, 0.25) is 5.91 Å². The number of carboxylic acid groups (broad SMARTS) is 1. The summed E-state index contributed by atoms with van der Waals surface area (Å²) in [5.41, 5.74) is 6.31. The normalized spacial score (nSPS) is 13.7. The van der Waals surface area contributed by atoms with Crippen LogP contribution in [0.3, 0.4) is 0 Å². The molecule has 0 fully saturated rings. The van der Waals surface area contributed by atoms with E-state index in [0.717, 1.165) is 5.56 Å². The standard InChI is InChI=1S/C12H16N2O3S/c13-9(7-18)11(15)14-10(12(16)17)6-8-4-2-1-3-5-8/h1-5,9-10,18H,6-7,13H2,(H,14,15)(H,16,17). The van der Waals surface area contributed by atoms with Crippen LogP contribution in [0, 0.1) is 0 Å². The number of nitrogens with two attached hydrogens (primary N) is 1. The van der Waals surface area contributed by atoms with E-state index in [-0.39, 0.29) is 12.2 Å². The van der Waals surface area contributed by atoms with Crippen LogP contribution in [0.25, 0.3) is 0 Å². The molecule has 2 atom stereocenters. The molecule has 2 unspecified atom stereocenters. The molecule has 1 aromatic rings. The zero-order valence-electron chi connectivity index (χ0n) is 9.74. The number of hydrogen-bond donors (Lipinski definition) is 4. The van der Waals surface area contributed by atoms with Crippen LogP contribution in [0.15, 0.2) is 30.3 Å². The molecule has 0 radical (unpaired) electrons. The highest BCUT2D eigenvalue weighted by atomic mass is 32.1. The lowest BCUT2D eigenvalue weighted by molar-refractivity contribution is -0.141. The fourth-order valence-electron chi connectivity index (χ4n) is 1.41. The molecular weight excluding hydrogens is 252 g/mol. The number of amides is 1. The second-order valence-electron chi connectivity index (χ2n) is 3.88. The zero-order chi connectivity index (χ0) is 13.5. The maximum Gasteiger partial charge on any atom is 0.326 e. The summed E-state index contributed by atoms with van der Waals surface area (Å²) in [6, 6.07) is 7.30. The average Bonchev–Trinajstić information content (AvgIpc) is 2.37. The monoisotopic (exact) mass is 268 g/mol. The predicted molar refractivity (Wildman–Crippen MR) is 71.5 cm³/mol. The molecule has 0 aliphatic rings. The molecule has 98 valence electrons.